The molecule has 23 heavy (non-hydrogen) atoms. The van der Waals surface area contributed by atoms with E-state index in [4.69, 9.17) is 5.73 Å². The Morgan fingerprint density at radius 1 is 1.09 bits per heavy atom. The number of nitrogens with zero attached hydrogens (tertiary/aromatic N) is 2. The van der Waals surface area contributed by atoms with Crippen molar-refractivity contribution in [1.29, 1.82) is 0 Å². The fourth-order valence-electron chi connectivity index (χ4n) is 2.43. The number of anilines is 1. The Hall–Kier alpha value is -2.83. The topological polar surface area (TPSA) is 60.9 Å². The van der Waals surface area contributed by atoms with Crippen LogP contribution in [-0.2, 0) is 12.7 Å². The third kappa shape index (κ3) is 2.90. The van der Waals surface area contributed by atoms with E-state index in [0.717, 1.165) is 12.1 Å². The van der Waals surface area contributed by atoms with Gasteiger partial charge in [-0.15, -0.1) is 0 Å². The van der Waals surface area contributed by atoms with Gasteiger partial charge >= 0.3 is 6.18 Å². The van der Waals surface area contributed by atoms with Crippen LogP contribution >= 0.6 is 0 Å². The van der Waals surface area contributed by atoms with Gasteiger partial charge in [0, 0.05) is 0 Å². The van der Waals surface area contributed by atoms with E-state index in [1.165, 1.54) is 10.6 Å². The molecule has 2 aromatic carbocycles. The Morgan fingerprint density at radius 2 is 1.83 bits per heavy atom. The molecule has 0 unspecified atom stereocenters. The fraction of sp³-hybridized carbons (Fsp3) is 0.125. The summed E-state index contributed by atoms with van der Waals surface area (Å²) in [6, 6.07) is 11.7. The highest BCUT2D eigenvalue weighted by atomic mass is 19.4. The van der Waals surface area contributed by atoms with Crippen LogP contribution < -0.4 is 11.3 Å². The second-order valence-electron chi connectivity index (χ2n) is 5.08. The number of fused-ring (bicyclic) bond motifs is 1. The Kier molecular flexibility index (Phi) is 3.55. The molecule has 7 heteroatoms. The lowest BCUT2D eigenvalue weighted by Gasteiger charge is -2.14. The molecule has 0 spiro atoms. The predicted octanol–water partition coefficient (Wildman–Crippen LogP) is 3.05. The first kappa shape index (κ1) is 15.1. The third-order valence-electron chi connectivity index (χ3n) is 3.51. The van der Waals surface area contributed by atoms with Gasteiger partial charge in [-0.05, 0) is 29.8 Å². The van der Waals surface area contributed by atoms with Gasteiger partial charge in [-0.3, -0.25) is 4.79 Å². The summed E-state index contributed by atoms with van der Waals surface area (Å²) in [4.78, 5) is 15.6. The average Bonchev–Trinajstić information content (AvgIpc) is 2.51. The van der Waals surface area contributed by atoms with Gasteiger partial charge in [-0.2, -0.15) is 18.2 Å². The van der Waals surface area contributed by atoms with Crippen molar-refractivity contribution in [3.8, 4) is 0 Å². The second-order valence-corrected chi connectivity index (χ2v) is 5.08. The second kappa shape index (κ2) is 5.42. The van der Waals surface area contributed by atoms with E-state index in [0.29, 0.717) is 16.5 Å². The van der Waals surface area contributed by atoms with Crippen LogP contribution in [0.2, 0.25) is 0 Å². The van der Waals surface area contributed by atoms with E-state index < -0.39 is 17.3 Å². The number of benzene rings is 2. The predicted molar refractivity (Wildman–Crippen MR) is 81.0 cm³/mol. The number of nitrogen functional groups attached to an aromatic ring is 1. The maximum atomic E-state index is 12.8. The maximum Gasteiger partial charge on any atom is 0.416 e. The quantitative estimate of drug-likeness (QED) is 0.790. The summed E-state index contributed by atoms with van der Waals surface area (Å²) in [6.07, 6.45) is -4.41. The number of para-hydroxylation sites is 1. The summed E-state index contributed by atoms with van der Waals surface area (Å²) in [5, 5.41) is 0.369. The molecule has 1 aromatic heterocycles. The zero-order valence-corrected chi connectivity index (χ0v) is 11.8. The summed E-state index contributed by atoms with van der Waals surface area (Å²) in [5.41, 5.74) is 5.55. The van der Waals surface area contributed by atoms with Gasteiger partial charge in [0.2, 0.25) is 5.95 Å². The highest BCUT2D eigenvalue weighted by molar-refractivity contribution is 5.79. The monoisotopic (exact) mass is 319 g/mol. The lowest BCUT2D eigenvalue weighted by atomic mass is 10.1. The van der Waals surface area contributed by atoms with E-state index in [9.17, 15) is 18.0 Å². The molecule has 3 aromatic rings. The average molecular weight is 319 g/mol. The van der Waals surface area contributed by atoms with Gasteiger partial charge < -0.3 is 10.3 Å². The molecule has 0 amide bonds. The van der Waals surface area contributed by atoms with Gasteiger partial charge in [0.15, 0.2) is 0 Å². The molecular formula is C16H12F3N3O. The van der Waals surface area contributed by atoms with Crippen molar-refractivity contribution in [2.24, 2.45) is 0 Å². The Morgan fingerprint density at radius 3 is 2.57 bits per heavy atom. The molecular weight excluding hydrogens is 307 g/mol. The number of alkyl halides is 3. The van der Waals surface area contributed by atoms with E-state index in [-0.39, 0.29) is 12.5 Å². The fourth-order valence-corrected chi connectivity index (χ4v) is 2.43. The van der Waals surface area contributed by atoms with Crippen molar-refractivity contribution < 1.29 is 13.2 Å². The third-order valence-corrected chi connectivity index (χ3v) is 3.51. The molecule has 1 heterocycles. The summed E-state index contributed by atoms with van der Waals surface area (Å²) in [6.45, 7) is 0.0869. The van der Waals surface area contributed by atoms with Crippen LogP contribution in [0.3, 0.4) is 0 Å². The molecule has 2 N–H and O–H groups in total. The molecule has 118 valence electrons. The first-order chi connectivity index (χ1) is 10.9. The minimum absolute atomic E-state index is 0.0360. The zero-order valence-electron chi connectivity index (χ0n) is 11.8. The van der Waals surface area contributed by atoms with Crippen LogP contribution in [0.15, 0.2) is 53.3 Å². The first-order valence-electron chi connectivity index (χ1n) is 6.77. The largest absolute Gasteiger partial charge is 0.416 e. The van der Waals surface area contributed by atoms with Crippen molar-refractivity contribution in [3.05, 3.63) is 70.0 Å². The van der Waals surface area contributed by atoms with Crippen LogP contribution in [0.1, 0.15) is 11.1 Å². The number of halogens is 3. The van der Waals surface area contributed by atoms with Crippen molar-refractivity contribution in [3.63, 3.8) is 0 Å². The maximum absolute atomic E-state index is 12.8. The summed E-state index contributed by atoms with van der Waals surface area (Å²) < 4.78 is 39.9. The van der Waals surface area contributed by atoms with Gasteiger partial charge in [0.25, 0.3) is 5.56 Å². The lowest BCUT2D eigenvalue weighted by molar-refractivity contribution is -0.137. The highest BCUT2D eigenvalue weighted by Gasteiger charge is 2.30. The zero-order chi connectivity index (χ0) is 16.6. The van der Waals surface area contributed by atoms with Gasteiger partial charge in [-0.1, -0.05) is 24.3 Å². The van der Waals surface area contributed by atoms with Crippen molar-refractivity contribution in [1.82, 2.24) is 9.55 Å². The lowest BCUT2D eigenvalue weighted by Crippen LogP contribution is -2.18. The first-order valence-corrected chi connectivity index (χ1v) is 6.77. The Balaban J connectivity index is 2.11. The SMILES string of the molecule is Nc1nc(=O)c2ccccc2n1Cc1cccc(C(F)(F)F)c1. The molecule has 3 rings (SSSR count). The van der Waals surface area contributed by atoms with Crippen molar-refractivity contribution >= 4 is 16.9 Å². The minimum Gasteiger partial charge on any atom is -0.369 e. The van der Waals surface area contributed by atoms with Gasteiger partial charge in [-0.25, -0.2) is 0 Å². The minimum atomic E-state index is -4.41. The Bertz CT molecular complexity index is 932. The summed E-state index contributed by atoms with van der Waals surface area (Å²) >= 11 is 0. The van der Waals surface area contributed by atoms with Crippen LogP contribution in [-0.4, -0.2) is 9.55 Å². The molecule has 0 saturated heterocycles. The van der Waals surface area contributed by atoms with Gasteiger partial charge in [0.05, 0.1) is 23.0 Å². The molecule has 0 bridgehead atoms. The summed E-state index contributed by atoms with van der Waals surface area (Å²) in [5.74, 6) is -0.0360. The standard InChI is InChI=1S/C16H12F3N3O/c17-16(18,19)11-5-3-4-10(8-11)9-22-13-7-2-1-6-12(13)14(23)21-15(22)20/h1-8H,9H2,(H2,20,21,23). The van der Waals surface area contributed by atoms with Crippen LogP contribution in [0.25, 0.3) is 10.9 Å². The molecule has 0 aliphatic rings. The molecule has 4 nitrogen and oxygen atoms in total. The molecule has 0 aliphatic heterocycles. The van der Waals surface area contributed by atoms with E-state index in [1.807, 2.05) is 0 Å². The van der Waals surface area contributed by atoms with E-state index in [2.05, 4.69) is 4.98 Å². The number of hydrogen-bond acceptors (Lipinski definition) is 3. The normalized spacial score (nSPS) is 11.8. The van der Waals surface area contributed by atoms with Crippen LogP contribution in [0.4, 0.5) is 19.1 Å². The van der Waals surface area contributed by atoms with E-state index in [1.54, 1.807) is 30.3 Å². The molecule has 0 aliphatic carbocycles. The van der Waals surface area contributed by atoms with Gasteiger partial charge in [0.1, 0.15) is 0 Å². The highest BCUT2D eigenvalue weighted by Crippen LogP contribution is 2.30. The Labute approximate surface area is 129 Å². The number of hydrogen-bond donors (Lipinski definition) is 1. The van der Waals surface area contributed by atoms with E-state index >= 15 is 0 Å². The van der Waals surface area contributed by atoms with Crippen LogP contribution in [0, 0.1) is 0 Å². The number of aromatic nitrogens is 2. The number of nitrogens with two attached hydrogens (primary N) is 1. The molecule has 0 saturated carbocycles. The van der Waals surface area contributed by atoms with Crippen molar-refractivity contribution in [2.75, 3.05) is 5.73 Å². The summed E-state index contributed by atoms with van der Waals surface area (Å²) in [7, 11) is 0. The molecule has 0 fully saturated rings. The smallest absolute Gasteiger partial charge is 0.369 e. The number of rotatable bonds is 2. The van der Waals surface area contributed by atoms with Crippen molar-refractivity contribution in [2.45, 2.75) is 12.7 Å². The molecule has 0 atom stereocenters. The van der Waals surface area contributed by atoms with Crippen LogP contribution in [0.5, 0.6) is 0 Å². The molecule has 0 radical (unpaired) electrons.